The Morgan fingerprint density at radius 3 is 2.16 bits per heavy atom. The lowest BCUT2D eigenvalue weighted by molar-refractivity contribution is 0.0697. The van der Waals surface area contributed by atoms with Crippen LogP contribution in [-0.2, 0) is 30.7 Å². The maximum absolute atomic E-state index is 11.2. The van der Waals surface area contributed by atoms with E-state index in [2.05, 4.69) is 27.7 Å². The van der Waals surface area contributed by atoms with Crippen molar-refractivity contribution in [2.45, 2.75) is 64.2 Å². The number of aromatic carboxylic acids is 1. The van der Waals surface area contributed by atoms with Crippen molar-refractivity contribution in [1.29, 1.82) is 0 Å². The zero-order valence-electron chi connectivity index (χ0n) is 18.8. The molecule has 6 heteroatoms. The summed E-state index contributed by atoms with van der Waals surface area (Å²) in [6.07, 6.45) is 3.91. The summed E-state index contributed by atoms with van der Waals surface area (Å²) < 4.78 is 1.91. The Morgan fingerprint density at radius 2 is 1.55 bits per heavy atom. The molecule has 0 radical (unpaired) electrons. The Labute approximate surface area is 182 Å². The average molecular weight is 417 g/mol. The summed E-state index contributed by atoms with van der Waals surface area (Å²) in [5.41, 5.74) is 8.63. The fourth-order valence-electron chi connectivity index (χ4n) is 4.99. The molecular formula is C25H28N4O2. The number of carbonyl (C=O) groups is 1. The third-order valence-corrected chi connectivity index (χ3v) is 7.01. The van der Waals surface area contributed by atoms with Gasteiger partial charge in [-0.3, -0.25) is 9.67 Å². The van der Waals surface area contributed by atoms with E-state index in [0.717, 1.165) is 65.4 Å². The Morgan fingerprint density at radius 1 is 0.935 bits per heavy atom. The molecule has 0 amide bonds. The van der Waals surface area contributed by atoms with E-state index >= 15 is 0 Å². The van der Waals surface area contributed by atoms with Crippen molar-refractivity contribution >= 4 is 5.97 Å². The summed E-state index contributed by atoms with van der Waals surface area (Å²) in [6.45, 7) is 9.09. The number of benzene rings is 1. The molecule has 0 unspecified atom stereocenters. The molecule has 0 aliphatic heterocycles. The molecule has 1 aromatic carbocycles. The Bertz CT molecular complexity index is 1220. The van der Waals surface area contributed by atoms with E-state index < -0.39 is 5.97 Å². The first-order valence-electron chi connectivity index (χ1n) is 10.9. The van der Waals surface area contributed by atoms with Gasteiger partial charge in [-0.1, -0.05) is 39.8 Å². The van der Waals surface area contributed by atoms with Gasteiger partial charge in [0.1, 0.15) is 5.69 Å². The highest BCUT2D eigenvalue weighted by Gasteiger charge is 2.41. The number of carboxylic acids is 1. The SMILES string of the molecule is Cn1nc(-c2ccc(C(=O)O)cc2)c2c1-c1nc3c(nc1CC2)C(C)(C)CCC3(C)C. The van der Waals surface area contributed by atoms with Crippen LogP contribution in [0.4, 0.5) is 0 Å². The first-order chi connectivity index (χ1) is 14.6. The van der Waals surface area contributed by atoms with Gasteiger partial charge in [-0.2, -0.15) is 5.10 Å². The number of hydrogen-bond acceptors (Lipinski definition) is 4. The first kappa shape index (κ1) is 19.9. The van der Waals surface area contributed by atoms with Gasteiger partial charge in [0, 0.05) is 29.0 Å². The first-order valence-corrected chi connectivity index (χ1v) is 10.9. The second-order valence-electron chi connectivity index (χ2n) is 10.2. The van der Waals surface area contributed by atoms with Crippen LogP contribution in [0.2, 0.25) is 0 Å². The number of rotatable bonds is 2. The zero-order valence-corrected chi connectivity index (χ0v) is 18.8. The van der Waals surface area contributed by atoms with Gasteiger partial charge >= 0.3 is 5.97 Å². The summed E-state index contributed by atoms with van der Waals surface area (Å²) in [5.74, 6) is -0.922. The maximum Gasteiger partial charge on any atom is 0.335 e. The predicted molar refractivity (Wildman–Crippen MR) is 119 cm³/mol. The average Bonchev–Trinajstić information content (AvgIpc) is 3.07. The summed E-state index contributed by atoms with van der Waals surface area (Å²) >= 11 is 0. The van der Waals surface area contributed by atoms with Crippen LogP contribution < -0.4 is 0 Å². The summed E-state index contributed by atoms with van der Waals surface area (Å²) in [6, 6.07) is 6.95. The molecule has 0 saturated carbocycles. The highest BCUT2D eigenvalue weighted by Crippen LogP contribution is 2.46. The highest BCUT2D eigenvalue weighted by molar-refractivity contribution is 5.88. The summed E-state index contributed by atoms with van der Waals surface area (Å²) in [4.78, 5) is 21.6. The van der Waals surface area contributed by atoms with E-state index in [-0.39, 0.29) is 16.4 Å². The van der Waals surface area contributed by atoms with Crippen LogP contribution in [-0.4, -0.2) is 30.8 Å². The molecule has 2 aliphatic carbocycles. The van der Waals surface area contributed by atoms with Gasteiger partial charge < -0.3 is 5.11 Å². The van der Waals surface area contributed by atoms with Gasteiger partial charge in [-0.05, 0) is 37.8 Å². The Hall–Kier alpha value is -3.02. The second-order valence-corrected chi connectivity index (χ2v) is 10.2. The van der Waals surface area contributed by atoms with Gasteiger partial charge in [0.05, 0.1) is 34.0 Å². The largest absolute Gasteiger partial charge is 0.478 e. The number of nitrogens with zero attached hydrogens (tertiary/aromatic N) is 4. The molecule has 1 N–H and O–H groups in total. The fraction of sp³-hybridized carbons (Fsp3) is 0.440. The van der Waals surface area contributed by atoms with E-state index in [4.69, 9.17) is 15.1 Å². The van der Waals surface area contributed by atoms with Crippen molar-refractivity contribution in [3.63, 3.8) is 0 Å². The van der Waals surface area contributed by atoms with Crippen molar-refractivity contribution < 1.29 is 9.90 Å². The van der Waals surface area contributed by atoms with E-state index in [9.17, 15) is 9.90 Å². The molecule has 3 aromatic rings. The van der Waals surface area contributed by atoms with Gasteiger partial charge in [0.25, 0.3) is 0 Å². The molecule has 160 valence electrons. The number of hydrogen-bond donors (Lipinski definition) is 1. The van der Waals surface area contributed by atoms with E-state index in [1.807, 2.05) is 23.9 Å². The third-order valence-electron chi connectivity index (χ3n) is 7.01. The van der Waals surface area contributed by atoms with Crippen molar-refractivity contribution in [3.05, 3.63) is 52.5 Å². The molecule has 2 aliphatic rings. The number of aryl methyl sites for hydroxylation is 2. The van der Waals surface area contributed by atoms with Crippen LogP contribution in [0.1, 0.15) is 73.5 Å². The van der Waals surface area contributed by atoms with E-state index in [1.54, 1.807) is 12.1 Å². The van der Waals surface area contributed by atoms with Crippen LogP contribution in [0, 0.1) is 0 Å². The molecule has 0 saturated heterocycles. The minimum absolute atomic E-state index is 0.00141. The molecule has 0 fully saturated rings. The molecule has 6 nitrogen and oxygen atoms in total. The lowest BCUT2D eigenvalue weighted by atomic mass is 9.67. The monoisotopic (exact) mass is 416 g/mol. The second kappa shape index (κ2) is 6.49. The van der Waals surface area contributed by atoms with Crippen molar-refractivity contribution in [2.24, 2.45) is 7.05 Å². The molecular weight excluding hydrogens is 388 g/mol. The number of fused-ring (bicyclic) bond motifs is 4. The molecule has 0 atom stereocenters. The number of aromatic nitrogens is 4. The molecule has 2 heterocycles. The quantitative estimate of drug-likeness (QED) is 0.655. The topological polar surface area (TPSA) is 80.9 Å². The van der Waals surface area contributed by atoms with Crippen molar-refractivity contribution in [3.8, 4) is 22.6 Å². The lowest BCUT2D eigenvalue weighted by Crippen LogP contribution is -2.37. The molecule has 2 aromatic heterocycles. The standard InChI is InChI=1S/C25H28N4O2/c1-24(2)12-13-25(3,4)22-21(24)26-17-11-10-16-18(28-29(5)20(16)19(17)27-22)14-6-8-15(9-7-14)23(30)31/h6-9H,10-13H2,1-5H3,(H,30,31). The lowest BCUT2D eigenvalue weighted by Gasteiger charge is -2.40. The normalized spacial score (nSPS) is 18.1. The predicted octanol–water partition coefficient (Wildman–Crippen LogP) is 4.69. The van der Waals surface area contributed by atoms with Gasteiger partial charge in [0.15, 0.2) is 0 Å². The minimum atomic E-state index is -0.922. The summed E-state index contributed by atoms with van der Waals surface area (Å²) in [7, 11) is 1.96. The minimum Gasteiger partial charge on any atom is -0.478 e. The number of carboxylic acid groups (broad SMARTS) is 1. The van der Waals surface area contributed by atoms with Crippen molar-refractivity contribution in [1.82, 2.24) is 19.7 Å². The van der Waals surface area contributed by atoms with Gasteiger partial charge in [-0.25, -0.2) is 9.78 Å². The van der Waals surface area contributed by atoms with E-state index in [1.165, 1.54) is 5.56 Å². The van der Waals surface area contributed by atoms with Crippen LogP contribution in [0.3, 0.4) is 0 Å². The zero-order chi connectivity index (χ0) is 22.1. The summed E-state index contributed by atoms with van der Waals surface area (Å²) in [5, 5.41) is 14.0. The van der Waals surface area contributed by atoms with Gasteiger partial charge in [0.2, 0.25) is 0 Å². The molecule has 31 heavy (non-hydrogen) atoms. The highest BCUT2D eigenvalue weighted by atomic mass is 16.4. The van der Waals surface area contributed by atoms with Crippen LogP contribution in [0.15, 0.2) is 24.3 Å². The third kappa shape index (κ3) is 2.99. The van der Waals surface area contributed by atoms with Crippen molar-refractivity contribution in [2.75, 3.05) is 0 Å². The van der Waals surface area contributed by atoms with Gasteiger partial charge in [-0.15, -0.1) is 0 Å². The van der Waals surface area contributed by atoms with Crippen LogP contribution in [0.25, 0.3) is 22.6 Å². The molecule has 0 spiro atoms. The van der Waals surface area contributed by atoms with Crippen LogP contribution >= 0.6 is 0 Å². The fourth-order valence-corrected chi connectivity index (χ4v) is 4.99. The van der Waals surface area contributed by atoms with Crippen LogP contribution in [0.5, 0.6) is 0 Å². The Kier molecular flexibility index (Phi) is 4.17. The van der Waals surface area contributed by atoms with E-state index in [0.29, 0.717) is 0 Å². The Balaban J connectivity index is 1.67. The molecule has 0 bridgehead atoms. The smallest absolute Gasteiger partial charge is 0.335 e. The molecule has 5 rings (SSSR count). The maximum atomic E-state index is 11.2.